The molecule has 0 bridgehead atoms. The Balaban J connectivity index is 1.88. The van der Waals surface area contributed by atoms with Gasteiger partial charge >= 0.3 is 0 Å². The number of benzene rings is 2. The molecular formula is C18H22N2O5S2. The smallest absolute Gasteiger partial charge is 0.261 e. The number of nitrogens with zero attached hydrogens (tertiary/aromatic N) is 1. The molecule has 2 aromatic rings. The molecule has 1 aliphatic heterocycles. The molecule has 3 rings (SSSR count). The number of nitrogens with one attached hydrogen (secondary N) is 1. The maximum atomic E-state index is 12.6. The fourth-order valence-electron chi connectivity index (χ4n) is 3.04. The highest BCUT2D eigenvalue weighted by Crippen LogP contribution is 2.32. The van der Waals surface area contributed by atoms with E-state index in [9.17, 15) is 16.8 Å². The lowest BCUT2D eigenvalue weighted by atomic mass is 10.0. The Kier molecular flexibility index (Phi) is 5.34. The first-order chi connectivity index (χ1) is 12.8. The van der Waals surface area contributed by atoms with E-state index in [-0.39, 0.29) is 10.6 Å². The van der Waals surface area contributed by atoms with Gasteiger partial charge in [-0.15, -0.1) is 0 Å². The second-order valence-electron chi connectivity index (χ2n) is 6.20. The first-order valence-corrected chi connectivity index (χ1v) is 11.7. The second kappa shape index (κ2) is 7.40. The lowest BCUT2D eigenvalue weighted by Crippen LogP contribution is -2.36. The Labute approximate surface area is 160 Å². The normalized spacial score (nSPS) is 14.5. The van der Waals surface area contributed by atoms with Gasteiger partial charge in [0.15, 0.2) is 0 Å². The highest BCUT2D eigenvalue weighted by Gasteiger charge is 2.26. The van der Waals surface area contributed by atoms with Crippen LogP contribution in [0.4, 0.5) is 11.4 Å². The van der Waals surface area contributed by atoms with Crippen molar-refractivity contribution in [3.8, 4) is 5.75 Å². The predicted octanol–water partition coefficient (Wildman–Crippen LogP) is 2.60. The van der Waals surface area contributed by atoms with Crippen LogP contribution in [-0.4, -0.2) is 36.2 Å². The van der Waals surface area contributed by atoms with Crippen LogP contribution in [0.5, 0.6) is 5.75 Å². The SMILES string of the molecule is CCS(=O)(=O)N1CCCc2cc(NS(=O)(=O)c3ccc(OC)cc3)ccc21. The van der Waals surface area contributed by atoms with Crippen LogP contribution >= 0.6 is 0 Å². The molecule has 1 N–H and O–H groups in total. The Morgan fingerprint density at radius 1 is 1.07 bits per heavy atom. The van der Waals surface area contributed by atoms with E-state index in [1.807, 2.05) is 0 Å². The molecule has 0 amide bonds. The maximum absolute atomic E-state index is 12.6. The summed E-state index contributed by atoms with van der Waals surface area (Å²) in [5.74, 6) is 0.595. The lowest BCUT2D eigenvalue weighted by Gasteiger charge is -2.30. The van der Waals surface area contributed by atoms with Crippen LogP contribution in [0.3, 0.4) is 0 Å². The number of aryl methyl sites for hydroxylation is 1. The number of hydrogen-bond donors (Lipinski definition) is 1. The third kappa shape index (κ3) is 4.03. The third-order valence-corrected chi connectivity index (χ3v) is 7.66. The molecule has 0 fully saturated rings. The average molecular weight is 411 g/mol. The minimum atomic E-state index is -3.75. The van der Waals surface area contributed by atoms with Crippen LogP contribution < -0.4 is 13.8 Å². The Bertz CT molecular complexity index is 1030. The number of methoxy groups -OCH3 is 1. The zero-order chi connectivity index (χ0) is 19.7. The van der Waals surface area contributed by atoms with E-state index in [4.69, 9.17) is 4.74 Å². The molecule has 27 heavy (non-hydrogen) atoms. The Morgan fingerprint density at radius 2 is 1.78 bits per heavy atom. The van der Waals surface area contributed by atoms with Gasteiger partial charge in [0.05, 0.1) is 23.4 Å². The summed E-state index contributed by atoms with van der Waals surface area (Å²) >= 11 is 0. The molecule has 1 aliphatic rings. The van der Waals surface area contributed by atoms with Crippen molar-refractivity contribution in [2.75, 3.05) is 28.4 Å². The van der Waals surface area contributed by atoms with Crippen molar-refractivity contribution in [2.24, 2.45) is 0 Å². The minimum Gasteiger partial charge on any atom is -0.497 e. The summed E-state index contributed by atoms with van der Waals surface area (Å²) < 4.78 is 58.7. The molecule has 0 saturated heterocycles. The van der Waals surface area contributed by atoms with Crippen LogP contribution in [0.15, 0.2) is 47.4 Å². The van der Waals surface area contributed by atoms with Crippen molar-refractivity contribution >= 4 is 31.4 Å². The van der Waals surface area contributed by atoms with Crippen LogP contribution in [0.1, 0.15) is 18.9 Å². The number of sulfonamides is 2. The van der Waals surface area contributed by atoms with Gasteiger partial charge in [-0.2, -0.15) is 0 Å². The van der Waals surface area contributed by atoms with Crippen molar-refractivity contribution in [1.82, 2.24) is 0 Å². The summed E-state index contributed by atoms with van der Waals surface area (Å²) in [4.78, 5) is 0.121. The fourth-order valence-corrected chi connectivity index (χ4v) is 5.29. The summed E-state index contributed by atoms with van der Waals surface area (Å²) in [6, 6.07) is 11.0. The molecule has 2 aromatic carbocycles. The van der Waals surface area contributed by atoms with Crippen LogP contribution in [0, 0.1) is 0 Å². The fraction of sp³-hybridized carbons (Fsp3) is 0.333. The predicted molar refractivity (Wildman–Crippen MR) is 105 cm³/mol. The monoisotopic (exact) mass is 410 g/mol. The Hall–Kier alpha value is -2.26. The average Bonchev–Trinajstić information content (AvgIpc) is 2.67. The third-order valence-electron chi connectivity index (χ3n) is 4.48. The summed E-state index contributed by atoms with van der Waals surface area (Å²) in [5.41, 5.74) is 1.84. The van der Waals surface area contributed by atoms with Crippen LogP contribution in [-0.2, 0) is 26.5 Å². The highest BCUT2D eigenvalue weighted by molar-refractivity contribution is 7.93. The standard InChI is InChI=1S/C18H22N2O5S2/c1-3-26(21,22)20-12-4-5-14-13-15(6-11-18(14)20)19-27(23,24)17-9-7-16(25-2)8-10-17/h6-11,13,19H,3-5,12H2,1-2H3. The second-order valence-corrected chi connectivity index (χ2v) is 10.1. The zero-order valence-electron chi connectivity index (χ0n) is 15.2. The van der Waals surface area contributed by atoms with Crippen molar-refractivity contribution in [3.05, 3.63) is 48.0 Å². The molecule has 0 saturated carbocycles. The number of ether oxygens (including phenoxy) is 1. The van der Waals surface area contributed by atoms with E-state index in [0.717, 1.165) is 5.56 Å². The van der Waals surface area contributed by atoms with Crippen LogP contribution in [0.2, 0.25) is 0 Å². The van der Waals surface area contributed by atoms with E-state index in [1.54, 1.807) is 37.3 Å². The van der Waals surface area contributed by atoms with Gasteiger partial charge in [-0.1, -0.05) is 0 Å². The lowest BCUT2D eigenvalue weighted by molar-refractivity contribution is 0.414. The van der Waals surface area contributed by atoms with Gasteiger partial charge in [-0.3, -0.25) is 9.03 Å². The molecule has 0 atom stereocenters. The van der Waals surface area contributed by atoms with Crippen molar-refractivity contribution in [3.63, 3.8) is 0 Å². The van der Waals surface area contributed by atoms with Gasteiger partial charge in [0, 0.05) is 12.2 Å². The first-order valence-electron chi connectivity index (χ1n) is 8.57. The number of fused-ring (bicyclic) bond motifs is 1. The first kappa shape index (κ1) is 19.5. The molecule has 0 aromatic heterocycles. The quantitative estimate of drug-likeness (QED) is 0.790. The van der Waals surface area contributed by atoms with E-state index in [0.29, 0.717) is 36.5 Å². The highest BCUT2D eigenvalue weighted by atomic mass is 32.2. The number of anilines is 2. The van der Waals surface area contributed by atoms with Crippen LogP contribution in [0.25, 0.3) is 0 Å². The largest absolute Gasteiger partial charge is 0.497 e. The number of rotatable bonds is 6. The van der Waals surface area contributed by atoms with Gasteiger partial charge in [-0.05, 0) is 67.8 Å². The van der Waals surface area contributed by atoms with Gasteiger partial charge in [-0.25, -0.2) is 16.8 Å². The molecule has 1 heterocycles. The van der Waals surface area contributed by atoms with Gasteiger partial charge in [0.25, 0.3) is 10.0 Å². The molecule has 0 aliphatic carbocycles. The topological polar surface area (TPSA) is 92.8 Å². The Morgan fingerprint density at radius 3 is 2.41 bits per heavy atom. The molecule has 0 unspecified atom stereocenters. The molecular weight excluding hydrogens is 388 g/mol. The summed E-state index contributed by atoms with van der Waals surface area (Å²) in [6.45, 7) is 2.06. The van der Waals surface area contributed by atoms with E-state index in [1.165, 1.54) is 23.5 Å². The van der Waals surface area contributed by atoms with E-state index >= 15 is 0 Å². The van der Waals surface area contributed by atoms with Crippen molar-refractivity contribution in [2.45, 2.75) is 24.7 Å². The van der Waals surface area contributed by atoms with Crippen molar-refractivity contribution < 1.29 is 21.6 Å². The van der Waals surface area contributed by atoms with Crippen molar-refractivity contribution in [1.29, 1.82) is 0 Å². The summed E-state index contributed by atoms with van der Waals surface area (Å²) in [5, 5.41) is 0. The minimum absolute atomic E-state index is 0.0261. The van der Waals surface area contributed by atoms with E-state index in [2.05, 4.69) is 4.72 Å². The molecule has 146 valence electrons. The van der Waals surface area contributed by atoms with Gasteiger partial charge < -0.3 is 4.74 Å². The van der Waals surface area contributed by atoms with Gasteiger partial charge in [0.2, 0.25) is 10.0 Å². The number of hydrogen-bond acceptors (Lipinski definition) is 5. The van der Waals surface area contributed by atoms with Gasteiger partial charge in [0.1, 0.15) is 5.75 Å². The molecule has 0 spiro atoms. The maximum Gasteiger partial charge on any atom is 0.261 e. The summed E-state index contributed by atoms with van der Waals surface area (Å²) in [6.07, 6.45) is 1.39. The molecule has 0 radical (unpaired) electrons. The van der Waals surface area contributed by atoms with E-state index < -0.39 is 20.0 Å². The molecule has 9 heteroatoms. The zero-order valence-corrected chi connectivity index (χ0v) is 16.8. The summed E-state index contributed by atoms with van der Waals surface area (Å²) in [7, 11) is -5.59. The molecule has 7 nitrogen and oxygen atoms in total.